The van der Waals surface area contributed by atoms with Crippen molar-refractivity contribution in [1.29, 1.82) is 0 Å². The summed E-state index contributed by atoms with van der Waals surface area (Å²) in [5, 5.41) is 9.46. The van der Waals surface area contributed by atoms with Crippen LogP contribution in [0.2, 0.25) is 5.02 Å². The highest BCUT2D eigenvalue weighted by atomic mass is 35.5. The first-order valence-corrected chi connectivity index (χ1v) is 6.50. The number of anilines is 1. The first-order chi connectivity index (χ1) is 8.91. The summed E-state index contributed by atoms with van der Waals surface area (Å²) < 4.78 is 37.7. The normalized spacial score (nSPS) is 17.8. The van der Waals surface area contributed by atoms with E-state index >= 15 is 0 Å². The summed E-state index contributed by atoms with van der Waals surface area (Å²) in [6, 6.07) is 5.13. The molecule has 106 valence electrons. The van der Waals surface area contributed by atoms with Crippen LogP contribution in [0.5, 0.6) is 0 Å². The van der Waals surface area contributed by atoms with E-state index in [1.165, 1.54) is 0 Å². The van der Waals surface area contributed by atoms with Crippen LogP contribution in [0.4, 0.5) is 18.9 Å². The molecule has 1 heterocycles. The Hall–Kier alpha value is -0.940. The van der Waals surface area contributed by atoms with Gasteiger partial charge in [0.25, 0.3) is 0 Å². The Labute approximate surface area is 114 Å². The van der Waals surface area contributed by atoms with Gasteiger partial charge in [-0.3, -0.25) is 0 Å². The van der Waals surface area contributed by atoms with Crippen molar-refractivity contribution in [1.82, 2.24) is 0 Å². The number of alkyl halides is 3. The van der Waals surface area contributed by atoms with E-state index in [-0.39, 0.29) is 19.4 Å². The summed E-state index contributed by atoms with van der Waals surface area (Å²) in [6.07, 6.45) is -3.90. The van der Waals surface area contributed by atoms with Gasteiger partial charge >= 0.3 is 6.18 Å². The van der Waals surface area contributed by atoms with Crippen LogP contribution in [-0.2, 0) is 6.61 Å². The molecule has 2 nitrogen and oxygen atoms in total. The Morgan fingerprint density at radius 1 is 1.26 bits per heavy atom. The summed E-state index contributed by atoms with van der Waals surface area (Å²) >= 11 is 6.09. The maximum absolute atomic E-state index is 12.6. The first-order valence-electron chi connectivity index (χ1n) is 6.12. The first kappa shape index (κ1) is 14.5. The Balaban J connectivity index is 2.06. The molecule has 0 unspecified atom stereocenters. The third-order valence-corrected chi connectivity index (χ3v) is 3.80. The molecule has 1 aliphatic heterocycles. The van der Waals surface area contributed by atoms with Crippen molar-refractivity contribution in [3.8, 4) is 0 Å². The maximum Gasteiger partial charge on any atom is 0.391 e. The molecule has 0 aromatic heterocycles. The van der Waals surface area contributed by atoms with Crippen molar-refractivity contribution in [2.45, 2.75) is 25.6 Å². The molecule has 1 aromatic rings. The molecule has 6 heteroatoms. The van der Waals surface area contributed by atoms with E-state index in [0.29, 0.717) is 23.7 Å². The topological polar surface area (TPSA) is 23.5 Å². The van der Waals surface area contributed by atoms with Crippen molar-refractivity contribution in [3.05, 3.63) is 28.8 Å². The Morgan fingerprint density at radius 3 is 2.37 bits per heavy atom. The highest BCUT2D eigenvalue weighted by Crippen LogP contribution is 2.37. The minimum Gasteiger partial charge on any atom is -0.392 e. The number of rotatable bonds is 2. The zero-order chi connectivity index (χ0) is 14.0. The van der Waals surface area contributed by atoms with E-state index in [1.54, 1.807) is 18.2 Å². The molecule has 0 bridgehead atoms. The van der Waals surface area contributed by atoms with Crippen LogP contribution in [0.3, 0.4) is 0 Å². The highest BCUT2D eigenvalue weighted by Gasteiger charge is 2.41. The van der Waals surface area contributed by atoms with Gasteiger partial charge in [0.05, 0.1) is 23.2 Å². The molecule has 0 spiro atoms. The summed E-state index contributed by atoms with van der Waals surface area (Å²) in [7, 11) is 0. The number of hydrogen-bond donors (Lipinski definition) is 1. The molecule has 1 fully saturated rings. The number of piperidine rings is 1. The van der Waals surface area contributed by atoms with E-state index < -0.39 is 12.1 Å². The van der Waals surface area contributed by atoms with Gasteiger partial charge in [-0.1, -0.05) is 17.7 Å². The molecule has 0 saturated carbocycles. The second kappa shape index (κ2) is 5.59. The fourth-order valence-electron chi connectivity index (χ4n) is 2.35. The quantitative estimate of drug-likeness (QED) is 0.900. The van der Waals surface area contributed by atoms with Crippen LogP contribution < -0.4 is 4.90 Å². The number of aliphatic hydroxyl groups is 1. The van der Waals surface area contributed by atoms with Gasteiger partial charge in [-0.2, -0.15) is 13.2 Å². The van der Waals surface area contributed by atoms with E-state index in [9.17, 15) is 13.2 Å². The fourth-order valence-corrected chi connectivity index (χ4v) is 2.68. The van der Waals surface area contributed by atoms with E-state index in [1.807, 2.05) is 4.90 Å². The number of halogens is 4. The number of hydrogen-bond acceptors (Lipinski definition) is 2. The van der Waals surface area contributed by atoms with Crippen LogP contribution in [0.25, 0.3) is 0 Å². The van der Waals surface area contributed by atoms with Crippen molar-refractivity contribution < 1.29 is 18.3 Å². The van der Waals surface area contributed by atoms with Gasteiger partial charge in [-0.05, 0) is 30.5 Å². The summed E-state index contributed by atoms with van der Waals surface area (Å²) in [5.74, 6) is -1.21. The second-order valence-corrected chi connectivity index (χ2v) is 5.15. The van der Waals surface area contributed by atoms with Gasteiger partial charge in [0, 0.05) is 13.1 Å². The van der Waals surface area contributed by atoms with Crippen LogP contribution in [-0.4, -0.2) is 24.4 Å². The summed E-state index contributed by atoms with van der Waals surface area (Å²) in [5.41, 5.74) is 1.43. The van der Waals surface area contributed by atoms with Crippen molar-refractivity contribution in [2.24, 2.45) is 5.92 Å². The van der Waals surface area contributed by atoms with Gasteiger partial charge in [-0.25, -0.2) is 0 Å². The van der Waals surface area contributed by atoms with Crippen LogP contribution in [0.1, 0.15) is 18.4 Å². The Bertz CT molecular complexity index is 442. The molecule has 19 heavy (non-hydrogen) atoms. The minimum absolute atomic E-state index is 0.0988. The zero-order valence-electron chi connectivity index (χ0n) is 10.3. The largest absolute Gasteiger partial charge is 0.392 e. The molecule has 0 aliphatic carbocycles. The molecular weight excluding hydrogens is 279 g/mol. The molecule has 0 atom stereocenters. The smallest absolute Gasteiger partial charge is 0.391 e. The SMILES string of the molecule is OCc1ccc(N2CCC(C(F)(F)F)CC2)c(Cl)c1. The predicted molar refractivity (Wildman–Crippen MR) is 68.4 cm³/mol. The third-order valence-electron chi connectivity index (χ3n) is 3.49. The molecular formula is C13H15ClF3NO. The van der Waals surface area contributed by atoms with Crippen molar-refractivity contribution in [2.75, 3.05) is 18.0 Å². The average molecular weight is 294 g/mol. The molecule has 1 N–H and O–H groups in total. The minimum atomic E-state index is -4.10. The molecule has 0 radical (unpaired) electrons. The van der Waals surface area contributed by atoms with Gasteiger partial charge in [-0.15, -0.1) is 0 Å². The van der Waals surface area contributed by atoms with Gasteiger partial charge in [0.15, 0.2) is 0 Å². The number of nitrogens with zero attached hydrogens (tertiary/aromatic N) is 1. The van der Waals surface area contributed by atoms with Crippen molar-refractivity contribution in [3.63, 3.8) is 0 Å². The molecule has 1 saturated heterocycles. The standard InChI is InChI=1S/C13H15ClF3NO/c14-11-7-9(8-19)1-2-12(11)18-5-3-10(4-6-18)13(15,16)17/h1-2,7,10,19H,3-6,8H2. The lowest BCUT2D eigenvalue weighted by Crippen LogP contribution is -2.39. The van der Waals surface area contributed by atoms with Gasteiger partial charge < -0.3 is 10.0 Å². The van der Waals surface area contributed by atoms with Crippen LogP contribution in [0, 0.1) is 5.92 Å². The van der Waals surface area contributed by atoms with Crippen LogP contribution in [0.15, 0.2) is 18.2 Å². The van der Waals surface area contributed by atoms with Crippen LogP contribution >= 0.6 is 11.6 Å². The zero-order valence-corrected chi connectivity index (χ0v) is 11.0. The summed E-state index contributed by atoms with van der Waals surface area (Å²) in [6.45, 7) is 0.598. The van der Waals surface area contributed by atoms with Crippen molar-refractivity contribution >= 4 is 17.3 Å². The van der Waals surface area contributed by atoms with E-state index in [2.05, 4.69) is 0 Å². The van der Waals surface area contributed by atoms with Gasteiger partial charge in [0.1, 0.15) is 0 Å². The lowest BCUT2D eigenvalue weighted by molar-refractivity contribution is -0.179. The predicted octanol–water partition coefficient (Wildman–Crippen LogP) is 3.61. The fraction of sp³-hybridized carbons (Fsp3) is 0.538. The maximum atomic E-state index is 12.6. The van der Waals surface area contributed by atoms with E-state index in [0.717, 1.165) is 5.69 Å². The molecule has 1 aliphatic rings. The summed E-state index contributed by atoms with van der Waals surface area (Å²) in [4.78, 5) is 1.87. The highest BCUT2D eigenvalue weighted by molar-refractivity contribution is 6.33. The van der Waals surface area contributed by atoms with E-state index in [4.69, 9.17) is 16.7 Å². The number of aliphatic hydroxyl groups excluding tert-OH is 1. The lowest BCUT2D eigenvalue weighted by atomic mass is 9.96. The lowest BCUT2D eigenvalue weighted by Gasteiger charge is -2.34. The average Bonchev–Trinajstić information content (AvgIpc) is 2.37. The molecule has 2 rings (SSSR count). The molecule has 1 aromatic carbocycles. The third kappa shape index (κ3) is 3.34. The monoisotopic (exact) mass is 293 g/mol. The number of benzene rings is 1. The Kier molecular flexibility index (Phi) is 4.26. The molecule has 0 amide bonds. The second-order valence-electron chi connectivity index (χ2n) is 4.75. The Morgan fingerprint density at radius 2 is 1.89 bits per heavy atom. The van der Waals surface area contributed by atoms with Gasteiger partial charge in [0.2, 0.25) is 0 Å².